The van der Waals surface area contributed by atoms with Gasteiger partial charge in [-0.1, -0.05) is 25.1 Å². The van der Waals surface area contributed by atoms with Crippen LogP contribution < -0.4 is 10.6 Å². The zero-order valence-corrected chi connectivity index (χ0v) is 19.8. The van der Waals surface area contributed by atoms with E-state index in [0.717, 1.165) is 55.1 Å². The number of piperidine rings is 1. The van der Waals surface area contributed by atoms with Crippen LogP contribution in [-0.2, 0) is 10.5 Å². The number of rotatable bonds is 9. The van der Waals surface area contributed by atoms with E-state index in [2.05, 4.69) is 20.5 Å². The van der Waals surface area contributed by atoms with E-state index in [1.54, 1.807) is 11.8 Å². The van der Waals surface area contributed by atoms with E-state index in [4.69, 9.17) is 0 Å². The molecule has 4 rings (SSSR count). The number of benzene rings is 1. The second-order valence-electron chi connectivity index (χ2n) is 8.36. The average molecular weight is 466 g/mol. The molecule has 0 saturated carbocycles. The lowest BCUT2D eigenvalue weighted by Crippen LogP contribution is -2.47. The van der Waals surface area contributed by atoms with Crippen LogP contribution in [-0.4, -0.2) is 58.3 Å². The number of nitrogens with one attached hydrogen (secondary N) is 2. The highest BCUT2D eigenvalue weighted by Gasteiger charge is 2.23. The number of carbonyl (C=O) groups is 2. The number of pyridine rings is 1. The van der Waals surface area contributed by atoms with Crippen LogP contribution in [0.25, 0.3) is 5.65 Å². The summed E-state index contributed by atoms with van der Waals surface area (Å²) in [6.07, 6.45) is 6.66. The van der Waals surface area contributed by atoms with Gasteiger partial charge in [-0.15, -0.1) is 11.8 Å². The Labute approximate surface area is 199 Å². The van der Waals surface area contributed by atoms with E-state index in [0.29, 0.717) is 17.9 Å². The van der Waals surface area contributed by atoms with Crippen LogP contribution in [0.4, 0.5) is 0 Å². The molecule has 174 valence electrons. The third-order valence-electron chi connectivity index (χ3n) is 5.78. The normalized spacial score (nSPS) is 14.9. The number of hydrogen-bond donors (Lipinski definition) is 2. The summed E-state index contributed by atoms with van der Waals surface area (Å²) in [5.74, 6) is 0.743. The van der Waals surface area contributed by atoms with Crippen molar-refractivity contribution in [2.75, 3.05) is 26.2 Å². The maximum atomic E-state index is 13.0. The van der Waals surface area contributed by atoms with Gasteiger partial charge >= 0.3 is 0 Å². The van der Waals surface area contributed by atoms with Crippen LogP contribution in [0.1, 0.15) is 42.2 Å². The van der Waals surface area contributed by atoms with Gasteiger partial charge in [-0.25, -0.2) is 4.98 Å². The second kappa shape index (κ2) is 11.3. The summed E-state index contributed by atoms with van der Waals surface area (Å²) in [6, 6.07) is 13.8. The van der Waals surface area contributed by atoms with E-state index in [1.165, 1.54) is 0 Å². The molecule has 33 heavy (non-hydrogen) atoms. The fourth-order valence-corrected chi connectivity index (χ4v) is 4.94. The van der Waals surface area contributed by atoms with Crippen LogP contribution >= 0.6 is 11.8 Å². The van der Waals surface area contributed by atoms with Crippen molar-refractivity contribution >= 4 is 29.2 Å². The van der Waals surface area contributed by atoms with Gasteiger partial charge in [0, 0.05) is 48.7 Å². The second-order valence-corrected chi connectivity index (χ2v) is 9.37. The molecule has 1 aromatic carbocycles. The standard InChI is InChI=1S/C25H31N5O2S/c1-2-12-26-24(31)17-29-14-10-19(11-15-29)28-25(32)21-7-3-4-8-22(21)33-18-20-16-30-13-6-5-9-23(30)27-20/h3-9,13,16,19H,2,10-12,14-15,17-18H2,1H3,(H,26,31)(H,28,32). The lowest BCUT2D eigenvalue weighted by molar-refractivity contribution is -0.122. The van der Waals surface area contributed by atoms with Crippen molar-refractivity contribution < 1.29 is 9.59 Å². The molecule has 7 nitrogen and oxygen atoms in total. The summed E-state index contributed by atoms with van der Waals surface area (Å²) < 4.78 is 2.01. The van der Waals surface area contributed by atoms with E-state index in [1.807, 2.05) is 66.2 Å². The third-order valence-corrected chi connectivity index (χ3v) is 6.89. The zero-order chi connectivity index (χ0) is 23.0. The molecule has 2 aromatic heterocycles. The molecule has 0 radical (unpaired) electrons. The highest BCUT2D eigenvalue weighted by molar-refractivity contribution is 7.98. The molecule has 2 N–H and O–H groups in total. The molecule has 0 atom stereocenters. The average Bonchev–Trinajstić information content (AvgIpc) is 3.26. The van der Waals surface area contributed by atoms with Gasteiger partial charge in [-0.05, 0) is 43.5 Å². The Morgan fingerprint density at radius 2 is 1.91 bits per heavy atom. The van der Waals surface area contributed by atoms with Gasteiger partial charge in [-0.2, -0.15) is 0 Å². The molecule has 0 bridgehead atoms. The number of likely N-dealkylation sites (tertiary alicyclic amines) is 1. The van der Waals surface area contributed by atoms with Crippen LogP contribution in [0.5, 0.6) is 0 Å². The number of imidazole rings is 1. The SMILES string of the molecule is CCCNC(=O)CN1CCC(NC(=O)c2ccccc2SCc2cn3ccccc3n2)CC1. The third kappa shape index (κ3) is 6.36. The Morgan fingerprint density at radius 1 is 1.12 bits per heavy atom. The van der Waals surface area contributed by atoms with Crippen LogP contribution in [0, 0.1) is 0 Å². The number of carbonyl (C=O) groups excluding carboxylic acids is 2. The summed E-state index contributed by atoms with van der Waals surface area (Å²) in [4.78, 5) is 32.7. The van der Waals surface area contributed by atoms with Crippen molar-refractivity contribution in [3.05, 3.63) is 66.1 Å². The molecule has 0 spiro atoms. The molecule has 1 aliphatic rings. The first-order valence-electron chi connectivity index (χ1n) is 11.6. The van der Waals surface area contributed by atoms with Crippen molar-refractivity contribution in [2.45, 2.75) is 42.9 Å². The summed E-state index contributed by atoms with van der Waals surface area (Å²) in [5, 5.41) is 6.13. The van der Waals surface area contributed by atoms with Gasteiger partial charge in [0.2, 0.25) is 5.91 Å². The van der Waals surface area contributed by atoms with E-state index in [-0.39, 0.29) is 17.9 Å². The quantitative estimate of drug-likeness (QED) is 0.474. The maximum absolute atomic E-state index is 13.0. The summed E-state index contributed by atoms with van der Waals surface area (Å²) in [6.45, 7) is 4.83. The minimum atomic E-state index is -0.0350. The fraction of sp³-hybridized carbons (Fsp3) is 0.400. The van der Waals surface area contributed by atoms with Crippen LogP contribution in [0.2, 0.25) is 0 Å². The molecule has 8 heteroatoms. The minimum Gasteiger partial charge on any atom is -0.355 e. The predicted octanol–water partition coefficient (Wildman–Crippen LogP) is 3.35. The number of aromatic nitrogens is 2. The van der Waals surface area contributed by atoms with Gasteiger partial charge in [0.25, 0.3) is 5.91 Å². The molecule has 1 saturated heterocycles. The Bertz CT molecular complexity index is 1060. The fourth-order valence-electron chi connectivity index (χ4n) is 4.01. The number of fused-ring (bicyclic) bond motifs is 1. The molecule has 0 unspecified atom stereocenters. The monoisotopic (exact) mass is 465 g/mol. The van der Waals surface area contributed by atoms with E-state index in [9.17, 15) is 9.59 Å². The van der Waals surface area contributed by atoms with Crippen molar-refractivity contribution in [3.8, 4) is 0 Å². The van der Waals surface area contributed by atoms with Crippen LogP contribution in [0.3, 0.4) is 0 Å². The Kier molecular flexibility index (Phi) is 8.01. The number of nitrogens with zero attached hydrogens (tertiary/aromatic N) is 3. The van der Waals surface area contributed by atoms with Gasteiger partial charge < -0.3 is 15.0 Å². The Hall–Kier alpha value is -2.84. The highest BCUT2D eigenvalue weighted by atomic mass is 32.2. The van der Waals surface area contributed by atoms with Crippen molar-refractivity contribution in [1.82, 2.24) is 24.9 Å². The molecule has 2 amide bonds. The van der Waals surface area contributed by atoms with Gasteiger partial charge in [0.15, 0.2) is 0 Å². The van der Waals surface area contributed by atoms with Crippen LogP contribution in [0.15, 0.2) is 59.8 Å². The lowest BCUT2D eigenvalue weighted by atomic mass is 10.0. The van der Waals surface area contributed by atoms with Gasteiger partial charge in [0.1, 0.15) is 5.65 Å². The first-order chi connectivity index (χ1) is 16.1. The maximum Gasteiger partial charge on any atom is 0.252 e. The zero-order valence-electron chi connectivity index (χ0n) is 19.0. The molecule has 1 fully saturated rings. The number of amides is 2. The summed E-state index contributed by atoms with van der Waals surface area (Å²) in [5.41, 5.74) is 2.61. The topological polar surface area (TPSA) is 78.7 Å². The van der Waals surface area contributed by atoms with E-state index >= 15 is 0 Å². The molecule has 1 aliphatic heterocycles. The van der Waals surface area contributed by atoms with Crippen molar-refractivity contribution in [1.29, 1.82) is 0 Å². The largest absolute Gasteiger partial charge is 0.355 e. The number of hydrogen-bond acceptors (Lipinski definition) is 5. The number of thioether (sulfide) groups is 1. The molecule has 0 aliphatic carbocycles. The van der Waals surface area contributed by atoms with E-state index < -0.39 is 0 Å². The summed E-state index contributed by atoms with van der Waals surface area (Å²) >= 11 is 1.63. The first kappa shape index (κ1) is 23.3. The Morgan fingerprint density at radius 3 is 2.70 bits per heavy atom. The minimum absolute atomic E-state index is 0.0350. The molecular weight excluding hydrogens is 434 g/mol. The van der Waals surface area contributed by atoms with Crippen molar-refractivity contribution in [3.63, 3.8) is 0 Å². The molecule has 3 heterocycles. The van der Waals surface area contributed by atoms with Gasteiger partial charge in [-0.3, -0.25) is 14.5 Å². The predicted molar refractivity (Wildman–Crippen MR) is 131 cm³/mol. The van der Waals surface area contributed by atoms with Crippen molar-refractivity contribution in [2.24, 2.45) is 0 Å². The Balaban J connectivity index is 1.29. The molecular formula is C25H31N5O2S. The summed E-state index contributed by atoms with van der Waals surface area (Å²) in [7, 11) is 0. The lowest BCUT2D eigenvalue weighted by Gasteiger charge is -2.32. The highest BCUT2D eigenvalue weighted by Crippen LogP contribution is 2.26. The smallest absolute Gasteiger partial charge is 0.252 e. The molecule has 3 aromatic rings. The van der Waals surface area contributed by atoms with Gasteiger partial charge in [0.05, 0.1) is 17.8 Å². The first-order valence-corrected chi connectivity index (χ1v) is 12.6.